The highest BCUT2D eigenvalue weighted by molar-refractivity contribution is 6.30. The summed E-state index contributed by atoms with van der Waals surface area (Å²) in [5, 5.41) is 0.0360. The van der Waals surface area contributed by atoms with Gasteiger partial charge in [-0.3, -0.25) is 4.79 Å². The summed E-state index contributed by atoms with van der Waals surface area (Å²) in [4.78, 5) is 14.2. The van der Waals surface area contributed by atoms with Crippen LogP contribution in [0.15, 0.2) is 30.7 Å². The Morgan fingerprint density at radius 1 is 1.47 bits per heavy atom. The first-order valence-electron chi connectivity index (χ1n) is 4.15. The summed E-state index contributed by atoms with van der Waals surface area (Å²) in [6, 6.07) is 4.28. The van der Waals surface area contributed by atoms with E-state index in [1.807, 2.05) is 0 Å². The fraction of sp³-hybridized carbons (Fsp3) is 0. The van der Waals surface area contributed by atoms with E-state index >= 15 is 0 Å². The van der Waals surface area contributed by atoms with E-state index in [1.54, 1.807) is 10.6 Å². The van der Waals surface area contributed by atoms with Crippen LogP contribution in [0.5, 0.6) is 0 Å². The van der Waals surface area contributed by atoms with Crippen LogP contribution in [0.2, 0.25) is 5.02 Å². The molecule has 1 aromatic heterocycles. The van der Waals surface area contributed by atoms with E-state index in [9.17, 15) is 9.18 Å². The fourth-order valence-electron chi connectivity index (χ4n) is 1.19. The van der Waals surface area contributed by atoms with Crippen LogP contribution in [0.1, 0.15) is 10.5 Å². The van der Waals surface area contributed by atoms with Crippen molar-refractivity contribution in [3.8, 4) is 5.69 Å². The Labute approximate surface area is 90.1 Å². The predicted octanol–water partition coefficient (Wildman–Crippen LogP) is 2.48. The second kappa shape index (κ2) is 3.82. The van der Waals surface area contributed by atoms with Crippen molar-refractivity contribution in [3.05, 3.63) is 47.3 Å². The van der Waals surface area contributed by atoms with Gasteiger partial charge in [-0.25, -0.2) is 9.37 Å². The number of nitrogens with zero attached hydrogens (tertiary/aromatic N) is 2. The van der Waals surface area contributed by atoms with Crippen LogP contribution in [0.25, 0.3) is 5.69 Å². The molecule has 0 atom stereocenters. The summed E-state index contributed by atoms with van der Waals surface area (Å²) in [5.74, 6) is -0.476. The predicted molar refractivity (Wildman–Crippen MR) is 53.9 cm³/mol. The van der Waals surface area contributed by atoms with Gasteiger partial charge in [-0.05, 0) is 18.2 Å². The van der Waals surface area contributed by atoms with E-state index in [2.05, 4.69) is 4.98 Å². The molecule has 0 aliphatic rings. The number of rotatable bonds is 2. The molecule has 2 aromatic rings. The molecular weight excluding hydrogens is 219 g/mol. The molecule has 1 aromatic carbocycles. The van der Waals surface area contributed by atoms with Gasteiger partial charge in [-0.2, -0.15) is 0 Å². The molecule has 2 rings (SSSR count). The second-order valence-electron chi connectivity index (χ2n) is 2.92. The van der Waals surface area contributed by atoms with Crippen LogP contribution in [-0.4, -0.2) is 15.8 Å². The average Bonchev–Trinajstić information content (AvgIpc) is 2.70. The van der Waals surface area contributed by atoms with E-state index in [0.29, 0.717) is 17.7 Å². The Balaban J connectivity index is 2.44. The van der Waals surface area contributed by atoms with Gasteiger partial charge >= 0.3 is 0 Å². The third-order valence-electron chi connectivity index (χ3n) is 1.92. The topological polar surface area (TPSA) is 34.9 Å². The largest absolute Gasteiger partial charge is 0.306 e. The number of hydrogen-bond donors (Lipinski definition) is 0. The zero-order valence-electron chi connectivity index (χ0n) is 7.52. The molecule has 0 saturated heterocycles. The van der Waals surface area contributed by atoms with E-state index < -0.39 is 5.82 Å². The number of halogens is 2. The lowest BCUT2D eigenvalue weighted by Gasteiger charge is -2.02. The first-order chi connectivity index (χ1) is 7.20. The first kappa shape index (κ1) is 9.86. The van der Waals surface area contributed by atoms with Crippen molar-refractivity contribution in [2.75, 3.05) is 0 Å². The molecule has 0 aliphatic heterocycles. The summed E-state index contributed by atoms with van der Waals surface area (Å²) >= 11 is 5.63. The maximum atomic E-state index is 12.9. The lowest BCUT2D eigenvalue weighted by molar-refractivity contribution is 0.111. The Kier molecular flexibility index (Phi) is 2.51. The molecule has 0 amide bonds. The Hall–Kier alpha value is -1.68. The summed E-state index contributed by atoms with van der Waals surface area (Å²) in [5.41, 5.74) is 0.970. The third-order valence-corrected chi connectivity index (χ3v) is 2.21. The Morgan fingerprint density at radius 2 is 2.27 bits per heavy atom. The van der Waals surface area contributed by atoms with Crippen molar-refractivity contribution in [2.24, 2.45) is 0 Å². The summed E-state index contributed by atoms with van der Waals surface area (Å²) in [7, 11) is 0. The maximum Gasteiger partial charge on any atom is 0.170 e. The Morgan fingerprint density at radius 3 is 2.87 bits per heavy atom. The molecule has 15 heavy (non-hydrogen) atoms. The molecule has 0 radical (unpaired) electrons. The first-order valence-corrected chi connectivity index (χ1v) is 4.53. The minimum absolute atomic E-state index is 0.0360. The molecule has 0 saturated carbocycles. The molecule has 3 nitrogen and oxygen atoms in total. The van der Waals surface area contributed by atoms with E-state index in [0.717, 1.165) is 0 Å². The number of aromatic nitrogens is 2. The van der Waals surface area contributed by atoms with Crippen LogP contribution >= 0.6 is 11.6 Å². The molecule has 0 fully saturated rings. The van der Waals surface area contributed by atoms with Gasteiger partial charge in [0.1, 0.15) is 17.8 Å². The minimum Gasteiger partial charge on any atom is -0.306 e. The molecule has 1 heterocycles. The highest BCUT2D eigenvalue weighted by Gasteiger charge is 2.03. The van der Waals surface area contributed by atoms with Gasteiger partial charge in [0, 0.05) is 11.9 Å². The number of carbonyl (C=O) groups excluding carboxylic acids is 1. The zero-order valence-corrected chi connectivity index (χ0v) is 8.28. The summed E-state index contributed by atoms with van der Waals surface area (Å²) in [6.45, 7) is 0. The number of benzene rings is 1. The minimum atomic E-state index is -0.476. The van der Waals surface area contributed by atoms with Gasteiger partial charge in [-0.15, -0.1) is 0 Å². The summed E-state index contributed by atoms with van der Waals surface area (Å²) in [6.07, 6.45) is 3.64. The third kappa shape index (κ3) is 1.89. The van der Waals surface area contributed by atoms with Gasteiger partial charge < -0.3 is 4.57 Å². The average molecular weight is 225 g/mol. The molecule has 0 bridgehead atoms. The van der Waals surface area contributed by atoms with Crippen LogP contribution in [0, 0.1) is 5.82 Å². The van der Waals surface area contributed by atoms with Gasteiger partial charge in [0.15, 0.2) is 6.29 Å². The Bertz CT molecular complexity index is 510. The van der Waals surface area contributed by atoms with Gasteiger partial charge in [0.2, 0.25) is 0 Å². The number of aldehydes is 1. The molecule has 76 valence electrons. The fourth-order valence-corrected chi connectivity index (χ4v) is 1.36. The standard InChI is InChI=1S/C10H6ClFN2O/c11-9-3-8(1-2-10(9)12)14-4-7(5-15)13-6-14/h1-6H. The molecule has 0 spiro atoms. The SMILES string of the molecule is O=Cc1cn(-c2ccc(F)c(Cl)c2)cn1. The highest BCUT2D eigenvalue weighted by Crippen LogP contribution is 2.18. The normalized spacial score (nSPS) is 10.3. The molecular formula is C10H6ClFN2O. The van der Waals surface area contributed by atoms with Crippen molar-refractivity contribution in [2.45, 2.75) is 0 Å². The molecule has 0 N–H and O–H groups in total. The van der Waals surface area contributed by atoms with Gasteiger partial charge in [0.05, 0.1) is 5.02 Å². The van der Waals surface area contributed by atoms with E-state index in [-0.39, 0.29) is 5.02 Å². The quantitative estimate of drug-likeness (QED) is 0.735. The number of hydrogen-bond acceptors (Lipinski definition) is 2. The zero-order chi connectivity index (χ0) is 10.8. The van der Waals surface area contributed by atoms with Crippen LogP contribution in [-0.2, 0) is 0 Å². The van der Waals surface area contributed by atoms with Crippen molar-refractivity contribution in [1.29, 1.82) is 0 Å². The maximum absolute atomic E-state index is 12.9. The number of imidazole rings is 1. The molecule has 5 heteroatoms. The summed E-state index contributed by atoms with van der Waals surface area (Å²) < 4.78 is 14.5. The monoisotopic (exact) mass is 224 g/mol. The van der Waals surface area contributed by atoms with Crippen LogP contribution in [0.3, 0.4) is 0 Å². The van der Waals surface area contributed by atoms with E-state index in [4.69, 9.17) is 11.6 Å². The van der Waals surface area contributed by atoms with E-state index in [1.165, 1.54) is 24.7 Å². The lowest BCUT2D eigenvalue weighted by atomic mass is 10.3. The van der Waals surface area contributed by atoms with Gasteiger partial charge in [0.25, 0.3) is 0 Å². The smallest absolute Gasteiger partial charge is 0.170 e. The van der Waals surface area contributed by atoms with Crippen molar-refractivity contribution in [1.82, 2.24) is 9.55 Å². The molecule has 0 aliphatic carbocycles. The van der Waals surface area contributed by atoms with Crippen molar-refractivity contribution >= 4 is 17.9 Å². The highest BCUT2D eigenvalue weighted by atomic mass is 35.5. The van der Waals surface area contributed by atoms with Crippen LogP contribution < -0.4 is 0 Å². The van der Waals surface area contributed by atoms with Crippen molar-refractivity contribution < 1.29 is 9.18 Å². The lowest BCUT2D eigenvalue weighted by Crippen LogP contribution is -1.90. The number of carbonyl (C=O) groups is 1. The second-order valence-corrected chi connectivity index (χ2v) is 3.33. The van der Waals surface area contributed by atoms with Crippen LogP contribution in [0.4, 0.5) is 4.39 Å². The van der Waals surface area contributed by atoms with Crippen molar-refractivity contribution in [3.63, 3.8) is 0 Å². The molecule has 0 unspecified atom stereocenters. The van der Waals surface area contributed by atoms with Gasteiger partial charge in [-0.1, -0.05) is 11.6 Å².